The van der Waals surface area contributed by atoms with Crippen LogP contribution in [0.3, 0.4) is 0 Å². The molecule has 2 rings (SSSR count). The van der Waals surface area contributed by atoms with Gasteiger partial charge in [0.2, 0.25) is 0 Å². The van der Waals surface area contributed by atoms with Crippen molar-refractivity contribution >= 4 is 5.69 Å². The molecular weight excluding hydrogens is 243 g/mol. The molecule has 0 heterocycles. The van der Waals surface area contributed by atoms with Gasteiger partial charge in [-0.25, -0.2) is 13.2 Å². The molecule has 0 bridgehead atoms. The van der Waals surface area contributed by atoms with Crippen LogP contribution in [0.4, 0.5) is 18.9 Å². The average Bonchev–Trinajstić information content (AvgIpc) is 2.33. The maximum atomic E-state index is 13.4. The largest absolute Gasteiger partial charge is 0.388 e. The predicted molar refractivity (Wildman–Crippen MR) is 62.8 cm³/mol. The molecule has 1 fully saturated rings. The second kappa shape index (κ2) is 5.18. The fourth-order valence-electron chi connectivity index (χ4n) is 2.33. The van der Waals surface area contributed by atoms with Gasteiger partial charge >= 0.3 is 0 Å². The van der Waals surface area contributed by atoms with Crippen molar-refractivity contribution in [1.82, 2.24) is 0 Å². The molecule has 1 aliphatic rings. The van der Waals surface area contributed by atoms with Gasteiger partial charge in [0.25, 0.3) is 0 Å². The molecule has 0 aromatic heterocycles. The van der Waals surface area contributed by atoms with Crippen molar-refractivity contribution < 1.29 is 18.3 Å². The standard InChI is InChI=1S/C13H16F3NO/c14-9-6-10(15)12(16)11(7-9)17-8-13(18)4-2-1-3-5-13/h6-7,17-18H,1-5,8H2. The monoisotopic (exact) mass is 259 g/mol. The van der Waals surface area contributed by atoms with Gasteiger partial charge in [0.05, 0.1) is 11.3 Å². The van der Waals surface area contributed by atoms with Gasteiger partial charge in [0, 0.05) is 18.7 Å². The summed E-state index contributed by atoms with van der Waals surface area (Å²) in [5.74, 6) is -3.18. The normalized spacial score (nSPS) is 18.7. The van der Waals surface area contributed by atoms with Crippen LogP contribution >= 0.6 is 0 Å². The minimum atomic E-state index is -1.23. The molecule has 18 heavy (non-hydrogen) atoms. The second-order valence-electron chi connectivity index (χ2n) is 4.89. The first-order chi connectivity index (χ1) is 8.50. The average molecular weight is 259 g/mol. The third-order valence-corrected chi connectivity index (χ3v) is 3.39. The molecule has 1 aromatic carbocycles. The third kappa shape index (κ3) is 2.96. The van der Waals surface area contributed by atoms with E-state index in [1.165, 1.54) is 0 Å². The van der Waals surface area contributed by atoms with Gasteiger partial charge in [0.1, 0.15) is 5.82 Å². The van der Waals surface area contributed by atoms with E-state index in [1.54, 1.807) is 0 Å². The predicted octanol–water partition coefficient (Wildman–Crippen LogP) is 3.21. The highest BCUT2D eigenvalue weighted by atomic mass is 19.2. The van der Waals surface area contributed by atoms with Crippen LogP contribution in [-0.4, -0.2) is 17.3 Å². The van der Waals surface area contributed by atoms with Gasteiger partial charge in [-0.05, 0) is 12.8 Å². The lowest BCUT2D eigenvalue weighted by atomic mass is 9.85. The summed E-state index contributed by atoms with van der Waals surface area (Å²) in [5.41, 5.74) is -1.15. The Morgan fingerprint density at radius 2 is 1.78 bits per heavy atom. The highest BCUT2D eigenvalue weighted by Gasteiger charge is 2.29. The Bertz CT molecular complexity index is 430. The van der Waals surface area contributed by atoms with Crippen LogP contribution < -0.4 is 5.32 Å². The Labute approximate surface area is 104 Å². The minimum Gasteiger partial charge on any atom is -0.388 e. The van der Waals surface area contributed by atoms with Crippen LogP contribution in [0.5, 0.6) is 0 Å². The zero-order chi connectivity index (χ0) is 13.2. The maximum absolute atomic E-state index is 13.4. The van der Waals surface area contributed by atoms with Crippen molar-refractivity contribution in [2.45, 2.75) is 37.7 Å². The molecular formula is C13H16F3NO. The summed E-state index contributed by atoms with van der Waals surface area (Å²) in [4.78, 5) is 0. The molecule has 100 valence electrons. The highest BCUT2D eigenvalue weighted by molar-refractivity contribution is 5.45. The SMILES string of the molecule is OC1(CNc2cc(F)cc(F)c2F)CCCCC1. The van der Waals surface area contributed by atoms with E-state index >= 15 is 0 Å². The Morgan fingerprint density at radius 3 is 2.44 bits per heavy atom. The molecule has 0 saturated heterocycles. The molecule has 1 aliphatic carbocycles. The number of halogens is 3. The maximum Gasteiger partial charge on any atom is 0.182 e. The summed E-state index contributed by atoms with van der Waals surface area (Å²) < 4.78 is 39.3. The summed E-state index contributed by atoms with van der Waals surface area (Å²) in [7, 11) is 0. The fraction of sp³-hybridized carbons (Fsp3) is 0.538. The number of hydrogen-bond acceptors (Lipinski definition) is 2. The van der Waals surface area contributed by atoms with E-state index in [4.69, 9.17) is 0 Å². The molecule has 1 saturated carbocycles. The molecule has 1 aromatic rings. The Balaban J connectivity index is 2.05. The molecule has 0 spiro atoms. The summed E-state index contributed by atoms with van der Waals surface area (Å²) in [6, 6.07) is 1.39. The zero-order valence-corrected chi connectivity index (χ0v) is 9.98. The minimum absolute atomic E-state index is 0.104. The van der Waals surface area contributed by atoms with Crippen LogP contribution in [0.25, 0.3) is 0 Å². The fourth-order valence-corrected chi connectivity index (χ4v) is 2.33. The lowest BCUT2D eigenvalue weighted by molar-refractivity contribution is 0.0166. The van der Waals surface area contributed by atoms with E-state index < -0.39 is 23.1 Å². The van der Waals surface area contributed by atoms with Gasteiger partial charge in [-0.1, -0.05) is 19.3 Å². The zero-order valence-electron chi connectivity index (χ0n) is 9.98. The van der Waals surface area contributed by atoms with Gasteiger partial charge < -0.3 is 10.4 Å². The van der Waals surface area contributed by atoms with E-state index in [2.05, 4.69) is 5.32 Å². The first-order valence-corrected chi connectivity index (χ1v) is 6.11. The van der Waals surface area contributed by atoms with Crippen molar-refractivity contribution in [1.29, 1.82) is 0 Å². The molecule has 0 atom stereocenters. The smallest absolute Gasteiger partial charge is 0.182 e. The molecule has 0 aliphatic heterocycles. The first kappa shape index (κ1) is 13.2. The van der Waals surface area contributed by atoms with Crippen molar-refractivity contribution in [2.24, 2.45) is 0 Å². The van der Waals surface area contributed by atoms with Crippen LogP contribution in [0.2, 0.25) is 0 Å². The lowest BCUT2D eigenvalue weighted by Crippen LogP contribution is -2.39. The number of hydrogen-bond donors (Lipinski definition) is 2. The van der Waals surface area contributed by atoms with E-state index in [0.29, 0.717) is 18.9 Å². The van der Waals surface area contributed by atoms with Crippen LogP contribution in [-0.2, 0) is 0 Å². The second-order valence-corrected chi connectivity index (χ2v) is 4.89. The molecule has 2 N–H and O–H groups in total. The van der Waals surface area contributed by atoms with Gasteiger partial charge in [-0.3, -0.25) is 0 Å². The topological polar surface area (TPSA) is 32.3 Å². The summed E-state index contributed by atoms with van der Waals surface area (Å²) in [6.07, 6.45) is 4.15. The molecule has 0 radical (unpaired) electrons. The van der Waals surface area contributed by atoms with E-state index in [-0.39, 0.29) is 12.2 Å². The van der Waals surface area contributed by atoms with Gasteiger partial charge in [-0.2, -0.15) is 0 Å². The van der Waals surface area contributed by atoms with Crippen molar-refractivity contribution in [3.63, 3.8) is 0 Å². The molecule has 2 nitrogen and oxygen atoms in total. The Morgan fingerprint density at radius 1 is 1.11 bits per heavy atom. The first-order valence-electron chi connectivity index (χ1n) is 6.11. The van der Waals surface area contributed by atoms with E-state index in [1.807, 2.05) is 0 Å². The summed E-state index contributed by atoms with van der Waals surface area (Å²) in [5, 5.41) is 12.8. The van der Waals surface area contributed by atoms with Gasteiger partial charge in [-0.15, -0.1) is 0 Å². The number of aliphatic hydroxyl groups is 1. The number of rotatable bonds is 3. The lowest BCUT2D eigenvalue weighted by Gasteiger charge is -2.32. The van der Waals surface area contributed by atoms with E-state index in [9.17, 15) is 18.3 Å². The summed E-state index contributed by atoms with van der Waals surface area (Å²) >= 11 is 0. The highest BCUT2D eigenvalue weighted by Crippen LogP contribution is 2.29. The van der Waals surface area contributed by atoms with Gasteiger partial charge in [0.15, 0.2) is 11.6 Å². The van der Waals surface area contributed by atoms with Crippen molar-refractivity contribution in [3.8, 4) is 0 Å². The molecule has 0 amide bonds. The quantitative estimate of drug-likeness (QED) is 0.817. The third-order valence-electron chi connectivity index (χ3n) is 3.39. The number of nitrogens with one attached hydrogen (secondary N) is 1. The van der Waals surface area contributed by atoms with Crippen LogP contribution in [0.1, 0.15) is 32.1 Å². The number of anilines is 1. The van der Waals surface area contributed by atoms with E-state index in [0.717, 1.165) is 25.3 Å². The Hall–Kier alpha value is -1.23. The summed E-state index contributed by atoms with van der Waals surface area (Å²) in [6.45, 7) is 0.104. The van der Waals surface area contributed by atoms with Crippen molar-refractivity contribution in [3.05, 3.63) is 29.6 Å². The number of benzene rings is 1. The molecule has 5 heteroatoms. The van der Waals surface area contributed by atoms with Crippen molar-refractivity contribution in [2.75, 3.05) is 11.9 Å². The van der Waals surface area contributed by atoms with Crippen LogP contribution in [0.15, 0.2) is 12.1 Å². The van der Waals surface area contributed by atoms with Crippen LogP contribution in [0, 0.1) is 17.5 Å². The molecule has 0 unspecified atom stereocenters. The Kier molecular flexibility index (Phi) is 3.80.